The van der Waals surface area contributed by atoms with Gasteiger partial charge in [-0.1, -0.05) is 37.8 Å². The van der Waals surface area contributed by atoms with Crippen LogP contribution >= 0.6 is 0 Å². The van der Waals surface area contributed by atoms with Gasteiger partial charge >= 0.3 is 0 Å². The van der Waals surface area contributed by atoms with E-state index in [4.69, 9.17) is 6.57 Å². The third kappa shape index (κ3) is 4.20. The fourth-order valence-corrected chi connectivity index (χ4v) is 2.38. The second-order valence-corrected chi connectivity index (χ2v) is 6.34. The zero-order valence-electron chi connectivity index (χ0n) is 14.7. The maximum absolute atomic E-state index is 12.6. The van der Waals surface area contributed by atoms with Crippen LogP contribution in [0.1, 0.15) is 32.8 Å². The lowest BCUT2D eigenvalue weighted by Crippen LogP contribution is -2.46. The Balaban J connectivity index is 2.23. The van der Waals surface area contributed by atoms with Gasteiger partial charge in [-0.15, -0.1) is 4.98 Å². The Kier molecular flexibility index (Phi) is 5.84. The number of amides is 1. The standard InChI is InChI=1S/C19H22N4O2/c1-5-15(12-24)22-18(25)19(2,3)14-8-6-13(7-9-14)16-10-21-11-17(20-4)23-16/h6-11,15,24H,5,12H2,1-3H3,(H,22,25)/t15-/m0/s1. The zero-order valence-corrected chi connectivity index (χ0v) is 14.7. The van der Waals surface area contributed by atoms with Gasteiger partial charge in [0.1, 0.15) is 0 Å². The molecule has 0 aliphatic rings. The van der Waals surface area contributed by atoms with Gasteiger partial charge in [0, 0.05) is 5.56 Å². The number of aromatic nitrogens is 2. The lowest BCUT2D eigenvalue weighted by molar-refractivity contribution is -0.126. The minimum Gasteiger partial charge on any atom is -0.394 e. The van der Waals surface area contributed by atoms with Gasteiger partial charge in [0.2, 0.25) is 5.91 Å². The topological polar surface area (TPSA) is 79.5 Å². The molecule has 0 saturated heterocycles. The van der Waals surface area contributed by atoms with Gasteiger partial charge in [0.05, 0.1) is 30.5 Å². The van der Waals surface area contributed by atoms with Crippen molar-refractivity contribution in [3.05, 3.63) is 53.6 Å². The van der Waals surface area contributed by atoms with Gasteiger partial charge in [0.15, 0.2) is 5.69 Å². The molecule has 0 radical (unpaired) electrons. The van der Waals surface area contributed by atoms with Crippen LogP contribution in [0.5, 0.6) is 0 Å². The molecule has 1 aromatic heterocycles. The highest BCUT2D eigenvalue weighted by molar-refractivity contribution is 5.87. The van der Waals surface area contributed by atoms with Crippen molar-refractivity contribution < 1.29 is 9.90 Å². The summed E-state index contributed by atoms with van der Waals surface area (Å²) >= 11 is 0. The minimum atomic E-state index is -0.731. The maximum Gasteiger partial charge on any atom is 0.288 e. The maximum atomic E-state index is 12.6. The number of nitrogens with zero attached hydrogens (tertiary/aromatic N) is 3. The number of benzene rings is 1. The number of hydrogen-bond acceptors (Lipinski definition) is 4. The second-order valence-electron chi connectivity index (χ2n) is 6.34. The molecule has 0 aliphatic carbocycles. The monoisotopic (exact) mass is 338 g/mol. The molecule has 1 heterocycles. The third-order valence-electron chi connectivity index (χ3n) is 4.25. The predicted octanol–water partition coefficient (Wildman–Crippen LogP) is 2.86. The van der Waals surface area contributed by atoms with Gasteiger partial charge in [-0.25, -0.2) is 0 Å². The molecule has 1 amide bonds. The Morgan fingerprint density at radius 3 is 2.56 bits per heavy atom. The Morgan fingerprint density at radius 2 is 2.00 bits per heavy atom. The second kappa shape index (κ2) is 7.86. The van der Waals surface area contributed by atoms with Crippen LogP contribution < -0.4 is 5.32 Å². The minimum absolute atomic E-state index is 0.0761. The third-order valence-corrected chi connectivity index (χ3v) is 4.25. The van der Waals surface area contributed by atoms with Crippen LogP contribution in [0, 0.1) is 6.57 Å². The molecule has 2 aromatic rings. The first-order chi connectivity index (χ1) is 11.9. The van der Waals surface area contributed by atoms with Gasteiger partial charge in [-0.3, -0.25) is 9.78 Å². The van der Waals surface area contributed by atoms with Crippen LogP contribution in [0.15, 0.2) is 36.7 Å². The van der Waals surface area contributed by atoms with E-state index in [2.05, 4.69) is 20.1 Å². The van der Waals surface area contributed by atoms with E-state index in [9.17, 15) is 9.90 Å². The van der Waals surface area contributed by atoms with Crippen molar-refractivity contribution in [2.75, 3.05) is 6.61 Å². The molecule has 0 unspecified atom stereocenters. The molecule has 6 heteroatoms. The molecule has 25 heavy (non-hydrogen) atoms. The number of nitrogens with one attached hydrogen (secondary N) is 1. The van der Waals surface area contributed by atoms with Crippen molar-refractivity contribution >= 4 is 11.7 Å². The van der Waals surface area contributed by atoms with Crippen molar-refractivity contribution in [3.8, 4) is 11.3 Å². The van der Waals surface area contributed by atoms with E-state index < -0.39 is 5.41 Å². The zero-order chi connectivity index (χ0) is 18.4. The van der Waals surface area contributed by atoms with Crippen LogP contribution in [-0.4, -0.2) is 33.6 Å². The summed E-state index contributed by atoms with van der Waals surface area (Å²) in [4.78, 5) is 24.1. The average molecular weight is 338 g/mol. The number of aliphatic hydroxyl groups is 1. The molecule has 0 fully saturated rings. The summed E-state index contributed by atoms with van der Waals surface area (Å²) in [5, 5.41) is 12.1. The first-order valence-corrected chi connectivity index (χ1v) is 8.14. The average Bonchev–Trinajstić information content (AvgIpc) is 2.65. The van der Waals surface area contributed by atoms with Crippen LogP contribution in [-0.2, 0) is 10.2 Å². The largest absolute Gasteiger partial charge is 0.394 e. The van der Waals surface area contributed by atoms with E-state index in [1.807, 2.05) is 45.0 Å². The number of aliphatic hydroxyl groups excluding tert-OH is 1. The first kappa shape index (κ1) is 18.6. The van der Waals surface area contributed by atoms with Crippen molar-refractivity contribution in [1.82, 2.24) is 15.3 Å². The molecule has 6 nitrogen and oxygen atoms in total. The smallest absolute Gasteiger partial charge is 0.288 e. The van der Waals surface area contributed by atoms with Gasteiger partial charge in [-0.05, 0) is 25.8 Å². The number of hydrogen-bond donors (Lipinski definition) is 2. The van der Waals surface area contributed by atoms with E-state index in [-0.39, 0.29) is 24.4 Å². The molecular weight excluding hydrogens is 316 g/mol. The summed E-state index contributed by atoms with van der Waals surface area (Å²) in [6.07, 6.45) is 3.70. The molecule has 2 rings (SSSR count). The number of carbonyl (C=O) groups is 1. The van der Waals surface area contributed by atoms with Crippen molar-refractivity contribution in [3.63, 3.8) is 0 Å². The highest BCUT2D eigenvalue weighted by Gasteiger charge is 2.31. The quantitative estimate of drug-likeness (QED) is 0.794. The van der Waals surface area contributed by atoms with Crippen LogP contribution in [0.3, 0.4) is 0 Å². The van der Waals surface area contributed by atoms with E-state index in [0.717, 1.165) is 11.1 Å². The highest BCUT2D eigenvalue weighted by atomic mass is 16.3. The van der Waals surface area contributed by atoms with E-state index in [1.165, 1.54) is 6.20 Å². The predicted molar refractivity (Wildman–Crippen MR) is 96.1 cm³/mol. The van der Waals surface area contributed by atoms with Crippen molar-refractivity contribution in [1.29, 1.82) is 0 Å². The number of carbonyl (C=O) groups excluding carboxylic acids is 1. The lowest BCUT2D eigenvalue weighted by Gasteiger charge is -2.27. The molecule has 1 aromatic carbocycles. The van der Waals surface area contributed by atoms with Crippen LogP contribution in [0.25, 0.3) is 16.1 Å². The number of rotatable bonds is 6. The first-order valence-electron chi connectivity index (χ1n) is 8.14. The lowest BCUT2D eigenvalue weighted by atomic mass is 9.83. The SMILES string of the molecule is [C-]#[N+]c1cncc(-c2ccc(C(C)(C)C(=O)N[C@@H](CC)CO)cc2)n1. The Bertz CT molecular complexity index is 775. The fraction of sp³-hybridized carbons (Fsp3) is 0.368. The summed E-state index contributed by atoms with van der Waals surface area (Å²) in [5.41, 5.74) is 1.58. The summed E-state index contributed by atoms with van der Waals surface area (Å²) in [6, 6.07) is 7.25. The van der Waals surface area contributed by atoms with Crippen LogP contribution in [0.4, 0.5) is 5.82 Å². The molecule has 1 atom stereocenters. The molecule has 0 saturated carbocycles. The Hall–Kier alpha value is -2.78. The summed E-state index contributed by atoms with van der Waals surface area (Å²) in [7, 11) is 0. The molecule has 0 bridgehead atoms. The van der Waals surface area contributed by atoms with Gasteiger partial charge in [-0.2, -0.15) is 0 Å². The molecule has 2 N–H and O–H groups in total. The molecular formula is C19H22N4O2. The molecule has 130 valence electrons. The van der Waals surface area contributed by atoms with Gasteiger partial charge < -0.3 is 15.3 Å². The Labute approximate surface area is 147 Å². The van der Waals surface area contributed by atoms with Crippen LogP contribution in [0.2, 0.25) is 0 Å². The van der Waals surface area contributed by atoms with Crippen molar-refractivity contribution in [2.24, 2.45) is 0 Å². The summed E-state index contributed by atoms with van der Waals surface area (Å²) < 4.78 is 0. The van der Waals surface area contributed by atoms with Gasteiger partial charge in [0.25, 0.3) is 5.82 Å². The van der Waals surface area contributed by atoms with Crippen molar-refractivity contribution in [2.45, 2.75) is 38.6 Å². The Morgan fingerprint density at radius 1 is 1.32 bits per heavy atom. The summed E-state index contributed by atoms with van der Waals surface area (Å²) in [6.45, 7) is 12.6. The van der Waals surface area contributed by atoms with E-state index in [0.29, 0.717) is 12.1 Å². The van der Waals surface area contributed by atoms with E-state index in [1.54, 1.807) is 6.20 Å². The molecule has 0 aliphatic heterocycles. The fourth-order valence-electron chi connectivity index (χ4n) is 2.38. The van der Waals surface area contributed by atoms with E-state index >= 15 is 0 Å². The normalized spacial score (nSPS) is 12.3. The molecule has 0 spiro atoms. The highest BCUT2D eigenvalue weighted by Crippen LogP contribution is 2.27. The summed E-state index contributed by atoms with van der Waals surface area (Å²) in [5.74, 6) is 0.117.